The minimum Gasteiger partial charge on any atom is -0.494 e. The van der Waals surface area contributed by atoms with Crippen LogP contribution in [0.2, 0.25) is 0 Å². The van der Waals surface area contributed by atoms with Crippen LogP contribution in [0.1, 0.15) is 41.5 Å². The van der Waals surface area contributed by atoms with Gasteiger partial charge in [0.2, 0.25) is 0 Å². The number of hydrogen-bond donors (Lipinski definition) is 2. The highest BCUT2D eigenvalue weighted by atomic mass is 16.6. The quantitative estimate of drug-likeness (QED) is 0.881. The summed E-state index contributed by atoms with van der Waals surface area (Å²) >= 11 is 0. The van der Waals surface area contributed by atoms with Crippen LogP contribution in [0, 0.1) is 5.41 Å². The van der Waals surface area contributed by atoms with E-state index in [0.717, 1.165) is 10.8 Å². The van der Waals surface area contributed by atoms with Gasteiger partial charge in [-0.15, -0.1) is 0 Å². The van der Waals surface area contributed by atoms with E-state index in [1.54, 1.807) is 4.57 Å². The predicted octanol–water partition coefficient (Wildman–Crippen LogP) is 4.29. The number of nitrogens with zero attached hydrogens (tertiary/aromatic N) is 1. The molecule has 0 saturated carbocycles. The van der Waals surface area contributed by atoms with Gasteiger partial charge in [-0.2, -0.15) is 0 Å². The molecule has 0 bridgehead atoms. The fraction of sp³-hybridized carbons (Fsp3) is 0.526. The van der Waals surface area contributed by atoms with Gasteiger partial charge in [0.05, 0.1) is 6.04 Å². The number of aromatic nitrogens is 1. The molecule has 2 N–H and O–H groups in total. The van der Waals surface area contributed by atoms with Gasteiger partial charge in [-0.3, -0.25) is 0 Å². The monoisotopic (exact) mass is 332 g/mol. The van der Waals surface area contributed by atoms with E-state index in [1.807, 2.05) is 51.2 Å². The molecule has 0 radical (unpaired) electrons. The fourth-order valence-corrected chi connectivity index (χ4v) is 2.52. The van der Waals surface area contributed by atoms with E-state index in [-0.39, 0.29) is 17.3 Å². The van der Waals surface area contributed by atoms with Gasteiger partial charge >= 0.3 is 6.09 Å². The number of benzene rings is 1. The molecule has 1 amide bonds. The van der Waals surface area contributed by atoms with Crippen LogP contribution in [-0.4, -0.2) is 27.4 Å². The molecule has 0 aliphatic carbocycles. The second-order valence-corrected chi connectivity index (χ2v) is 8.26. The van der Waals surface area contributed by atoms with E-state index in [0.29, 0.717) is 6.54 Å². The van der Waals surface area contributed by atoms with Crippen molar-refractivity contribution in [3.63, 3.8) is 0 Å². The van der Waals surface area contributed by atoms with Crippen LogP contribution in [0.25, 0.3) is 10.8 Å². The molecule has 0 aliphatic rings. The lowest BCUT2D eigenvalue weighted by molar-refractivity contribution is 0.0453. The third-order valence-corrected chi connectivity index (χ3v) is 3.88. The lowest BCUT2D eigenvalue weighted by atomic mass is 9.86. The number of aromatic hydroxyl groups is 1. The molecule has 1 aromatic heterocycles. The van der Waals surface area contributed by atoms with Gasteiger partial charge in [0, 0.05) is 23.5 Å². The Balaban J connectivity index is 2.22. The van der Waals surface area contributed by atoms with E-state index >= 15 is 0 Å². The van der Waals surface area contributed by atoms with Crippen LogP contribution in [0.15, 0.2) is 30.5 Å². The van der Waals surface area contributed by atoms with E-state index in [9.17, 15) is 9.90 Å². The number of fused-ring (bicyclic) bond motifs is 1. The average molecular weight is 332 g/mol. The average Bonchev–Trinajstić information content (AvgIpc) is 2.72. The van der Waals surface area contributed by atoms with Gasteiger partial charge in [0.1, 0.15) is 5.60 Å². The maximum absolute atomic E-state index is 12.2. The molecular formula is C19H28N2O3. The molecule has 2 rings (SSSR count). The Kier molecular flexibility index (Phi) is 4.83. The molecule has 0 aliphatic heterocycles. The molecule has 0 saturated heterocycles. The first-order valence-electron chi connectivity index (χ1n) is 8.24. The summed E-state index contributed by atoms with van der Waals surface area (Å²) in [4.78, 5) is 12.2. The summed E-state index contributed by atoms with van der Waals surface area (Å²) in [6.07, 6.45) is 1.46. The highest BCUT2D eigenvalue weighted by molar-refractivity contribution is 5.87. The minimum absolute atomic E-state index is 0.194. The molecule has 5 nitrogen and oxygen atoms in total. The molecular weight excluding hydrogens is 304 g/mol. The largest absolute Gasteiger partial charge is 0.494 e. The van der Waals surface area contributed by atoms with Crippen LogP contribution in [0.5, 0.6) is 5.88 Å². The number of amides is 1. The summed E-state index contributed by atoms with van der Waals surface area (Å²) in [5.74, 6) is 0.214. The van der Waals surface area contributed by atoms with Gasteiger partial charge in [-0.1, -0.05) is 39.0 Å². The molecule has 24 heavy (non-hydrogen) atoms. The number of carbonyl (C=O) groups is 1. The van der Waals surface area contributed by atoms with Crippen molar-refractivity contribution in [2.45, 2.75) is 59.7 Å². The van der Waals surface area contributed by atoms with Crippen LogP contribution >= 0.6 is 0 Å². The zero-order valence-electron chi connectivity index (χ0n) is 15.4. The van der Waals surface area contributed by atoms with E-state index in [4.69, 9.17) is 4.74 Å². The van der Waals surface area contributed by atoms with Gasteiger partial charge < -0.3 is 19.7 Å². The standard InChI is InChI=1S/C19H28N2O3/c1-18(2,3)15(20-17(23)24-19(4,5)6)12-21-11-13-9-7-8-10-14(13)16(21)22/h7-11,15,22H,12H2,1-6H3,(H,20,23)/t15-/m0/s1. The first kappa shape index (κ1) is 18.2. The summed E-state index contributed by atoms with van der Waals surface area (Å²) in [6, 6.07) is 7.48. The molecule has 1 atom stereocenters. The number of carbonyl (C=O) groups excluding carboxylic acids is 1. The second kappa shape index (κ2) is 6.38. The Morgan fingerprint density at radius 2 is 1.83 bits per heavy atom. The van der Waals surface area contributed by atoms with Crippen LogP contribution in [0.3, 0.4) is 0 Å². The molecule has 0 fully saturated rings. The van der Waals surface area contributed by atoms with Gasteiger partial charge in [0.25, 0.3) is 0 Å². The van der Waals surface area contributed by atoms with Crippen LogP contribution in [-0.2, 0) is 11.3 Å². The molecule has 2 aromatic rings. The molecule has 0 unspecified atom stereocenters. The summed E-state index contributed by atoms with van der Waals surface area (Å²) in [5, 5.41) is 15.2. The maximum Gasteiger partial charge on any atom is 0.407 e. The first-order valence-corrected chi connectivity index (χ1v) is 8.24. The summed E-state index contributed by atoms with van der Waals surface area (Å²) in [7, 11) is 0. The van der Waals surface area contributed by atoms with E-state index < -0.39 is 11.7 Å². The van der Waals surface area contributed by atoms with Crippen molar-refractivity contribution in [1.82, 2.24) is 9.88 Å². The molecule has 1 heterocycles. The predicted molar refractivity (Wildman–Crippen MR) is 96.2 cm³/mol. The zero-order chi connectivity index (χ0) is 18.1. The van der Waals surface area contributed by atoms with Crippen molar-refractivity contribution in [2.75, 3.05) is 0 Å². The smallest absolute Gasteiger partial charge is 0.407 e. The molecule has 0 spiro atoms. The third kappa shape index (κ3) is 4.43. The second-order valence-electron chi connectivity index (χ2n) is 8.26. The number of hydrogen-bond acceptors (Lipinski definition) is 3. The van der Waals surface area contributed by atoms with Crippen LogP contribution < -0.4 is 5.32 Å². The Labute approximate surface area is 143 Å². The Hall–Kier alpha value is -2.17. The SMILES string of the molecule is CC(C)(C)OC(=O)N[C@@H](Cn1cc2ccccc2c1O)C(C)(C)C. The Morgan fingerprint density at radius 1 is 1.21 bits per heavy atom. The lowest BCUT2D eigenvalue weighted by Crippen LogP contribution is -2.48. The number of alkyl carbamates (subject to hydrolysis) is 1. The van der Waals surface area contributed by atoms with Crippen LogP contribution in [0.4, 0.5) is 4.79 Å². The highest BCUT2D eigenvalue weighted by Crippen LogP contribution is 2.29. The van der Waals surface area contributed by atoms with Crippen molar-refractivity contribution < 1.29 is 14.6 Å². The number of ether oxygens (including phenoxy) is 1. The summed E-state index contributed by atoms with van der Waals surface area (Å²) in [6.45, 7) is 12.1. The Morgan fingerprint density at radius 3 is 2.38 bits per heavy atom. The van der Waals surface area contributed by atoms with E-state index in [2.05, 4.69) is 26.1 Å². The number of nitrogens with one attached hydrogen (secondary N) is 1. The van der Waals surface area contributed by atoms with Crippen molar-refractivity contribution in [3.05, 3.63) is 30.5 Å². The molecule has 5 heteroatoms. The first-order chi connectivity index (χ1) is 11.0. The van der Waals surface area contributed by atoms with Gasteiger partial charge in [-0.25, -0.2) is 4.79 Å². The number of rotatable bonds is 3. The molecule has 132 valence electrons. The fourth-order valence-electron chi connectivity index (χ4n) is 2.52. The maximum atomic E-state index is 12.2. The lowest BCUT2D eigenvalue weighted by Gasteiger charge is -2.32. The Bertz CT molecular complexity index is 720. The zero-order valence-corrected chi connectivity index (χ0v) is 15.4. The van der Waals surface area contributed by atoms with E-state index in [1.165, 1.54) is 0 Å². The normalized spacial score (nSPS) is 13.8. The minimum atomic E-state index is -0.545. The van der Waals surface area contributed by atoms with Gasteiger partial charge in [0.15, 0.2) is 5.88 Å². The van der Waals surface area contributed by atoms with Gasteiger partial charge in [-0.05, 0) is 32.3 Å². The van der Waals surface area contributed by atoms with Crippen molar-refractivity contribution in [3.8, 4) is 5.88 Å². The van der Waals surface area contributed by atoms with Crippen molar-refractivity contribution >= 4 is 16.9 Å². The topological polar surface area (TPSA) is 63.5 Å². The summed E-state index contributed by atoms with van der Waals surface area (Å²) in [5.41, 5.74) is -0.739. The van der Waals surface area contributed by atoms with Crippen molar-refractivity contribution in [1.29, 1.82) is 0 Å². The third-order valence-electron chi connectivity index (χ3n) is 3.88. The summed E-state index contributed by atoms with van der Waals surface area (Å²) < 4.78 is 7.14. The van der Waals surface area contributed by atoms with Crippen molar-refractivity contribution in [2.24, 2.45) is 5.41 Å². The molecule has 1 aromatic carbocycles. The highest BCUT2D eigenvalue weighted by Gasteiger charge is 2.29.